The maximum absolute atomic E-state index is 13.6. The number of carbonyl (C=O) groups is 3. The SMILES string of the molecule is CCOC(=O)CCn1c(C(=O)NCc2nnc(C)n2-c2sc(CC)cc2C(=O)c2ccccc2Cl)cc2ccccc21. The molecule has 0 aliphatic carbocycles. The van der Waals surface area contributed by atoms with Crippen molar-refractivity contribution in [1.29, 1.82) is 0 Å². The van der Waals surface area contributed by atoms with Gasteiger partial charge in [-0.25, -0.2) is 0 Å². The van der Waals surface area contributed by atoms with Crippen molar-refractivity contribution < 1.29 is 19.1 Å². The maximum atomic E-state index is 13.6. The lowest BCUT2D eigenvalue weighted by atomic mass is 10.0. The Kier molecular flexibility index (Phi) is 8.84. The molecule has 0 aliphatic rings. The number of amides is 1. The first-order chi connectivity index (χ1) is 20.3. The van der Waals surface area contributed by atoms with E-state index in [0.29, 0.717) is 51.6 Å². The van der Waals surface area contributed by atoms with Crippen molar-refractivity contribution in [3.63, 3.8) is 0 Å². The van der Waals surface area contributed by atoms with Gasteiger partial charge in [-0.3, -0.25) is 19.0 Å². The Morgan fingerprint density at radius 2 is 1.76 bits per heavy atom. The predicted octanol–water partition coefficient (Wildman–Crippen LogP) is 5.92. The summed E-state index contributed by atoms with van der Waals surface area (Å²) in [4.78, 5) is 40.2. The second-order valence-electron chi connectivity index (χ2n) is 9.57. The molecule has 1 amide bonds. The van der Waals surface area contributed by atoms with Gasteiger partial charge in [0.05, 0.1) is 30.2 Å². The average molecular weight is 604 g/mol. The van der Waals surface area contributed by atoms with E-state index < -0.39 is 0 Å². The molecule has 0 saturated carbocycles. The van der Waals surface area contributed by atoms with Crippen LogP contribution in [0.25, 0.3) is 15.9 Å². The van der Waals surface area contributed by atoms with Crippen LogP contribution in [0.15, 0.2) is 60.7 Å². The fraction of sp³-hybridized carbons (Fsp3) is 0.258. The quantitative estimate of drug-likeness (QED) is 0.148. The number of hydrogen-bond donors (Lipinski definition) is 1. The third-order valence-electron chi connectivity index (χ3n) is 6.87. The Bertz CT molecular complexity index is 1790. The molecule has 0 radical (unpaired) electrons. The molecule has 0 spiro atoms. The number of ether oxygens (including phenoxy) is 1. The highest BCUT2D eigenvalue weighted by atomic mass is 35.5. The van der Waals surface area contributed by atoms with E-state index in [2.05, 4.69) is 15.5 Å². The molecular weight excluding hydrogens is 574 g/mol. The molecule has 9 nitrogen and oxygen atoms in total. The summed E-state index contributed by atoms with van der Waals surface area (Å²) in [5.74, 6) is 0.221. The molecule has 5 rings (SSSR count). The van der Waals surface area contributed by atoms with Crippen molar-refractivity contribution in [2.75, 3.05) is 6.61 Å². The standard InChI is InChI=1S/C31H30ClN5O4S/c1-4-21-17-23(29(39)22-11-7-8-12-24(22)32)31(42-21)37-19(3)34-35-27(37)18-33-30(40)26-16-20-10-6-9-13-25(20)36(26)15-14-28(38)41-5-2/h6-13,16-17H,4-5,14-15,18H2,1-3H3,(H,33,40). The second-order valence-corrected chi connectivity index (χ2v) is 11.1. The van der Waals surface area contributed by atoms with Crippen molar-refractivity contribution in [1.82, 2.24) is 24.6 Å². The minimum absolute atomic E-state index is 0.0676. The van der Waals surface area contributed by atoms with Crippen molar-refractivity contribution in [3.8, 4) is 5.00 Å². The molecule has 1 N–H and O–H groups in total. The van der Waals surface area contributed by atoms with Gasteiger partial charge in [-0.1, -0.05) is 48.9 Å². The molecule has 0 bridgehead atoms. The number of aryl methyl sites for hydroxylation is 3. The van der Waals surface area contributed by atoms with Gasteiger partial charge < -0.3 is 14.6 Å². The molecule has 5 aromatic rings. The predicted molar refractivity (Wildman–Crippen MR) is 163 cm³/mol. The number of para-hydroxylation sites is 1. The van der Waals surface area contributed by atoms with Crippen LogP contribution in [0, 0.1) is 6.92 Å². The molecule has 0 aliphatic heterocycles. The van der Waals surface area contributed by atoms with Crippen LogP contribution in [0.2, 0.25) is 5.02 Å². The lowest BCUT2D eigenvalue weighted by Gasteiger charge is -2.12. The molecule has 3 aromatic heterocycles. The first-order valence-electron chi connectivity index (χ1n) is 13.7. The van der Waals surface area contributed by atoms with E-state index in [1.165, 1.54) is 11.3 Å². The Hall–Kier alpha value is -4.28. The minimum atomic E-state index is -0.324. The Balaban J connectivity index is 1.44. The molecule has 0 unspecified atom stereocenters. The second kappa shape index (κ2) is 12.7. The van der Waals surface area contributed by atoms with E-state index in [4.69, 9.17) is 16.3 Å². The Morgan fingerprint density at radius 1 is 1.00 bits per heavy atom. The van der Waals surface area contributed by atoms with Crippen LogP contribution in [-0.4, -0.2) is 43.6 Å². The van der Waals surface area contributed by atoms with Gasteiger partial charge in [0.2, 0.25) is 0 Å². The van der Waals surface area contributed by atoms with Crippen LogP contribution in [0.4, 0.5) is 0 Å². The molecule has 2 aromatic carbocycles. The van der Waals surface area contributed by atoms with Crippen molar-refractivity contribution >= 4 is 51.5 Å². The number of aromatic nitrogens is 4. The number of nitrogens with zero attached hydrogens (tertiary/aromatic N) is 4. The van der Waals surface area contributed by atoms with Crippen LogP contribution in [0.1, 0.15) is 63.2 Å². The van der Waals surface area contributed by atoms with Crippen LogP contribution >= 0.6 is 22.9 Å². The number of benzene rings is 2. The fourth-order valence-corrected chi connectivity index (χ4v) is 6.22. The van der Waals surface area contributed by atoms with Crippen molar-refractivity contribution in [2.45, 2.75) is 46.7 Å². The lowest BCUT2D eigenvalue weighted by molar-refractivity contribution is -0.143. The van der Waals surface area contributed by atoms with Crippen molar-refractivity contribution in [3.05, 3.63) is 99.0 Å². The van der Waals surface area contributed by atoms with Gasteiger partial charge >= 0.3 is 5.97 Å². The molecule has 0 fully saturated rings. The van der Waals surface area contributed by atoms with Crippen LogP contribution in [0.3, 0.4) is 0 Å². The van der Waals surface area contributed by atoms with E-state index in [-0.39, 0.29) is 30.6 Å². The number of nitrogens with one attached hydrogen (secondary N) is 1. The zero-order valence-corrected chi connectivity index (χ0v) is 25.1. The number of rotatable bonds is 11. The summed E-state index contributed by atoms with van der Waals surface area (Å²) in [6.45, 7) is 6.26. The molecule has 3 heterocycles. The molecular formula is C31H30ClN5O4S. The average Bonchev–Trinajstić information content (AvgIpc) is 3.69. The molecule has 0 saturated heterocycles. The van der Waals surface area contributed by atoms with E-state index in [0.717, 1.165) is 22.2 Å². The van der Waals surface area contributed by atoms with Gasteiger partial charge in [-0.05, 0) is 50.6 Å². The fourth-order valence-electron chi connectivity index (χ4n) is 4.84. The zero-order valence-electron chi connectivity index (χ0n) is 23.5. The number of thiophene rings is 1. The zero-order chi connectivity index (χ0) is 29.8. The van der Waals surface area contributed by atoms with Gasteiger partial charge in [-0.15, -0.1) is 21.5 Å². The number of hydrogen-bond acceptors (Lipinski definition) is 7. The summed E-state index contributed by atoms with van der Waals surface area (Å²) < 4.78 is 8.72. The Labute approximate surface area is 252 Å². The number of carbonyl (C=O) groups excluding carboxylic acids is 3. The topological polar surface area (TPSA) is 108 Å². The van der Waals surface area contributed by atoms with Gasteiger partial charge in [0, 0.05) is 27.9 Å². The summed E-state index contributed by atoms with van der Waals surface area (Å²) >= 11 is 7.85. The summed E-state index contributed by atoms with van der Waals surface area (Å²) in [5, 5.41) is 13.5. The molecule has 11 heteroatoms. The maximum Gasteiger partial charge on any atom is 0.307 e. The van der Waals surface area contributed by atoms with Crippen LogP contribution < -0.4 is 5.32 Å². The molecule has 216 valence electrons. The van der Waals surface area contributed by atoms with Gasteiger partial charge in [0.15, 0.2) is 11.6 Å². The van der Waals surface area contributed by atoms with E-state index in [1.54, 1.807) is 44.2 Å². The first kappa shape index (κ1) is 29.2. The summed E-state index contributed by atoms with van der Waals surface area (Å²) in [6, 6.07) is 18.3. The van der Waals surface area contributed by atoms with E-state index in [1.807, 2.05) is 46.4 Å². The largest absolute Gasteiger partial charge is 0.466 e. The van der Waals surface area contributed by atoms with E-state index in [9.17, 15) is 14.4 Å². The van der Waals surface area contributed by atoms with Gasteiger partial charge in [0.25, 0.3) is 5.91 Å². The van der Waals surface area contributed by atoms with E-state index >= 15 is 0 Å². The highest BCUT2D eigenvalue weighted by molar-refractivity contribution is 7.15. The normalized spacial score (nSPS) is 11.1. The minimum Gasteiger partial charge on any atom is -0.466 e. The number of ketones is 1. The summed E-state index contributed by atoms with van der Waals surface area (Å²) in [7, 11) is 0. The first-order valence-corrected chi connectivity index (χ1v) is 14.9. The van der Waals surface area contributed by atoms with Crippen LogP contribution in [-0.2, 0) is 29.0 Å². The van der Waals surface area contributed by atoms with Gasteiger partial charge in [-0.2, -0.15) is 0 Å². The summed E-state index contributed by atoms with van der Waals surface area (Å²) in [5.41, 5.74) is 2.18. The number of halogens is 1. The summed E-state index contributed by atoms with van der Waals surface area (Å²) in [6.07, 6.45) is 0.887. The third-order valence-corrected chi connectivity index (χ3v) is 8.46. The smallest absolute Gasteiger partial charge is 0.307 e. The lowest BCUT2D eigenvalue weighted by Crippen LogP contribution is -2.27. The number of esters is 1. The Morgan fingerprint density at radius 3 is 2.52 bits per heavy atom. The van der Waals surface area contributed by atoms with Gasteiger partial charge in [0.1, 0.15) is 16.5 Å². The van der Waals surface area contributed by atoms with Crippen molar-refractivity contribution in [2.24, 2.45) is 0 Å². The van der Waals surface area contributed by atoms with Crippen LogP contribution in [0.5, 0.6) is 0 Å². The molecule has 42 heavy (non-hydrogen) atoms. The molecule has 0 atom stereocenters. The highest BCUT2D eigenvalue weighted by Crippen LogP contribution is 2.32. The third kappa shape index (κ3) is 5.86. The number of fused-ring (bicyclic) bond motifs is 1. The highest BCUT2D eigenvalue weighted by Gasteiger charge is 2.24. The monoisotopic (exact) mass is 603 g/mol.